The van der Waals surface area contributed by atoms with E-state index in [2.05, 4.69) is 10.1 Å². The van der Waals surface area contributed by atoms with Crippen molar-refractivity contribution in [3.05, 3.63) is 59.3 Å². The molecular formula is C24H27N3O5S. The number of sulfonamides is 1. The Labute approximate surface area is 193 Å². The van der Waals surface area contributed by atoms with Gasteiger partial charge < -0.3 is 14.2 Å². The first-order chi connectivity index (χ1) is 15.7. The van der Waals surface area contributed by atoms with Gasteiger partial charge in [0.2, 0.25) is 10.0 Å². The van der Waals surface area contributed by atoms with Crippen LogP contribution in [0, 0.1) is 13.8 Å². The highest BCUT2D eigenvalue weighted by Crippen LogP contribution is 2.34. The molecular weight excluding hydrogens is 442 g/mol. The van der Waals surface area contributed by atoms with E-state index in [1.54, 1.807) is 30.3 Å². The topological polar surface area (TPSA) is 92.9 Å². The van der Waals surface area contributed by atoms with Gasteiger partial charge in [0.15, 0.2) is 11.5 Å². The SMILES string of the molecule is COc1ccc(-c2onc(C)c2C)cc1S(=O)(=O)N1CCN(c2ccc(C(C)=O)cc2)CC1. The number of carbonyl (C=O) groups is 1. The molecule has 0 saturated carbocycles. The van der Waals surface area contributed by atoms with Crippen molar-refractivity contribution in [1.82, 2.24) is 9.46 Å². The van der Waals surface area contributed by atoms with Crippen molar-refractivity contribution in [1.29, 1.82) is 0 Å². The third-order valence-electron chi connectivity index (χ3n) is 6.08. The lowest BCUT2D eigenvalue weighted by atomic mass is 10.1. The van der Waals surface area contributed by atoms with E-state index in [0.29, 0.717) is 43.1 Å². The first-order valence-corrected chi connectivity index (χ1v) is 12.1. The lowest BCUT2D eigenvalue weighted by molar-refractivity contribution is 0.101. The number of nitrogens with zero attached hydrogens (tertiary/aromatic N) is 3. The predicted molar refractivity (Wildman–Crippen MR) is 125 cm³/mol. The van der Waals surface area contributed by atoms with Crippen molar-refractivity contribution in [2.45, 2.75) is 25.7 Å². The number of rotatable bonds is 6. The maximum Gasteiger partial charge on any atom is 0.246 e. The van der Waals surface area contributed by atoms with Crippen LogP contribution in [-0.2, 0) is 10.0 Å². The molecule has 174 valence electrons. The van der Waals surface area contributed by atoms with Crippen LogP contribution in [0.25, 0.3) is 11.3 Å². The van der Waals surface area contributed by atoms with E-state index >= 15 is 0 Å². The number of anilines is 1. The summed E-state index contributed by atoms with van der Waals surface area (Å²) >= 11 is 0. The summed E-state index contributed by atoms with van der Waals surface area (Å²) < 4.78 is 39.4. The van der Waals surface area contributed by atoms with Crippen LogP contribution >= 0.6 is 0 Å². The lowest BCUT2D eigenvalue weighted by Gasteiger charge is -2.35. The van der Waals surface area contributed by atoms with Crippen LogP contribution in [0.5, 0.6) is 5.75 Å². The number of ketones is 1. The highest BCUT2D eigenvalue weighted by atomic mass is 32.2. The number of benzene rings is 2. The second kappa shape index (κ2) is 8.99. The molecule has 1 aliphatic heterocycles. The Morgan fingerprint density at radius 1 is 1.03 bits per heavy atom. The highest BCUT2D eigenvalue weighted by molar-refractivity contribution is 7.89. The van der Waals surface area contributed by atoms with Crippen molar-refractivity contribution in [2.75, 3.05) is 38.2 Å². The van der Waals surface area contributed by atoms with Gasteiger partial charge in [-0.05, 0) is 63.2 Å². The molecule has 4 rings (SSSR count). The highest BCUT2D eigenvalue weighted by Gasteiger charge is 2.31. The smallest absolute Gasteiger partial charge is 0.246 e. The number of aromatic nitrogens is 1. The number of Topliss-reactive ketones (excluding diaryl/α,β-unsaturated/α-hetero) is 1. The van der Waals surface area contributed by atoms with Crippen molar-refractivity contribution in [3.8, 4) is 17.1 Å². The Morgan fingerprint density at radius 2 is 1.70 bits per heavy atom. The fourth-order valence-electron chi connectivity index (χ4n) is 3.94. The maximum absolute atomic E-state index is 13.5. The first kappa shape index (κ1) is 23.0. The van der Waals surface area contributed by atoms with Gasteiger partial charge in [0.05, 0.1) is 12.8 Å². The monoisotopic (exact) mass is 469 g/mol. The van der Waals surface area contributed by atoms with Gasteiger partial charge in [-0.15, -0.1) is 0 Å². The van der Waals surface area contributed by atoms with Gasteiger partial charge in [-0.2, -0.15) is 4.31 Å². The lowest BCUT2D eigenvalue weighted by Crippen LogP contribution is -2.48. The van der Waals surface area contributed by atoms with E-state index < -0.39 is 10.0 Å². The molecule has 0 aliphatic carbocycles. The summed E-state index contributed by atoms with van der Waals surface area (Å²) in [5.74, 6) is 0.852. The number of aryl methyl sites for hydroxylation is 1. The average Bonchev–Trinajstić information content (AvgIpc) is 3.16. The Balaban J connectivity index is 1.57. The molecule has 0 radical (unpaired) electrons. The Kier molecular flexibility index (Phi) is 6.27. The van der Waals surface area contributed by atoms with Crippen molar-refractivity contribution >= 4 is 21.5 Å². The molecule has 2 heterocycles. The van der Waals surface area contributed by atoms with Gasteiger partial charge in [0, 0.05) is 48.6 Å². The largest absolute Gasteiger partial charge is 0.495 e. The molecule has 1 aliphatic rings. The zero-order valence-corrected chi connectivity index (χ0v) is 20.0. The summed E-state index contributed by atoms with van der Waals surface area (Å²) in [6.45, 7) is 7.03. The normalized spacial score (nSPS) is 15.0. The molecule has 0 unspecified atom stereocenters. The zero-order chi connectivity index (χ0) is 23.8. The molecule has 1 fully saturated rings. The molecule has 1 aromatic heterocycles. The van der Waals surface area contributed by atoms with E-state index in [-0.39, 0.29) is 16.4 Å². The summed E-state index contributed by atoms with van der Waals surface area (Å²) in [6, 6.07) is 12.4. The minimum absolute atomic E-state index is 0.0179. The van der Waals surface area contributed by atoms with Crippen LogP contribution in [0.4, 0.5) is 5.69 Å². The Bertz CT molecular complexity index is 1270. The predicted octanol–water partition coefficient (Wildman–Crippen LogP) is 3.68. The number of piperazine rings is 1. The number of carbonyl (C=O) groups excluding carboxylic acids is 1. The molecule has 0 N–H and O–H groups in total. The van der Waals surface area contributed by atoms with E-state index in [0.717, 1.165) is 16.9 Å². The first-order valence-electron chi connectivity index (χ1n) is 10.7. The second-order valence-corrected chi connectivity index (χ2v) is 9.99. The fourth-order valence-corrected chi connectivity index (χ4v) is 5.54. The molecule has 33 heavy (non-hydrogen) atoms. The van der Waals surface area contributed by atoms with Crippen LogP contribution in [0.2, 0.25) is 0 Å². The zero-order valence-electron chi connectivity index (χ0n) is 19.2. The Morgan fingerprint density at radius 3 is 2.24 bits per heavy atom. The van der Waals surface area contributed by atoms with Crippen LogP contribution in [0.1, 0.15) is 28.5 Å². The van der Waals surface area contributed by atoms with Crippen LogP contribution < -0.4 is 9.64 Å². The standard InChI is InChI=1S/C24H27N3O5S/c1-16-17(2)25-32-24(16)20-7-10-22(31-4)23(15-20)33(29,30)27-13-11-26(12-14-27)21-8-5-19(6-9-21)18(3)28/h5-10,15H,11-14H2,1-4H3. The second-order valence-electron chi connectivity index (χ2n) is 8.08. The molecule has 0 atom stereocenters. The van der Waals surface area contributed by atoms with Crippen LogP contribution in [0.15, 0.2) is 51.9 Å². The molecule has 0 spiro atoms. The van der Waals surface area contributed by atoms with Crippen LogP contribution in [-0.4, -0.2) is 57.0 Å². The van der Waals surface area contributed by atoms with E-state index in [9.17, 15) is 13.2 Å². The Hall–Kier alpha value is -3.17. The number of hydrogen-bond acceptors (Lipinski definition) is 7. The quantitative estimate of drug-likeness (QED) is 0.509. The summed E-state index contributed by atoms with van der Waals surface area (Å²) in [5, 5.41) is 3.98. The van der Waals surface area contributed by atoms with Gasteiger partial charge in [-0.1, -0.05) is 5.16 Å². The van der Waals surface area contributed by atoms with Gasteiger partial charge in [-0.3, -0.25) is 4.79 Å². The van der Waals surface area contributed by atoms with E-state index in [4.69, 9.17) is 9.26 Å². The maximum atomic E-state index is 13.5. The van der Waals surface area contributed by atoms with E-state index in [1.165, 1.54) is 18.3 Å². The third kappa shape index (κ3) is 4.38. The minimum atomic E-state index is -3.79. The van der Waals surface area contributed by atoms with Crippen molar-refractivity contribution in [3.63, 3.8) is 0 Å². The van der Waals surface area contributed by atoms with Gasteiger partial charge in [0.25, 0.3) is 0 Å². The summed E-state index contributed by atoms with van der Waals surface area (Å²) in [4.78, 5) is 13.7. The van der Waals surface area contributed by atoms with E-state index in [1.807, 2.05) is 26.0 Å². The molecule has 8 nitrogen and oxygen atoms in total. The summed E-state index contributed by atoms with van der Waals surface area (Å²) in [5.41, 5.74) is 3.89. The van der Waals surface area contributed by atoms with Gasteiger partial charge in [-0.25, -0.2) is 8.42 Å². The van der Waals surface area contributed by atoms with Gasteiger partial charge >= 0.3 is 0 Å². The number of ether oxygens (including phenoxy) is 1. The number of hydrogen-bond donors (Lipinski definition) is 0. The summed E-state index contributed by atoms with van der Waals surface area (Å²) in [7, 11) is -2.33. The molecule has 0 amide bonds. The molecule has 1 saturated heterocycles. The van der Waals surface area contributed by atoms with Gasteiger partial charge in [0.1, 0.15) is 10.6 Å². The minimum Gasteiger partial charge on any atom is -0.495 e. The average molecular weight is 470 g/mol. The fraction of sp³-hybridized carbons (Fsp3) is 0.333. The molecule has 9 heteroatoms. The molecule has 0 bridgehead atoms. The third-order valence-corrected chi connectivity index (χ3v) is 8.00. The van der Waals surface area contributed by atoms with Crippen molar-refractivity contribution in [2.24, 2.45) is 0 Å². The molecule has 2 aromatic carbocycles. The molecule has 3 aromatic rings. The number of methoxy groups -OCH3 is 1. The summed E-state index contributed by atoms with van der Waals surface area (Å²) in [6.07, 6.45) is 0. The van der Waals surface area contributed by atoms with Crippen LogP contribution in [0.3, 0.4) is 0 Å². The van der Waals surface area contributed by atoms with Crippen molar-refractivity contribution < 1.29 is 22.5 Å².